The lowest BCUT2D eigenvalue weighted by atomic mass is 10.1. The highest BCUT2D eigenvalue weighted by molar-refractivity contribution is 8.18. The van der Waals surface area contributed by atoms with Gasteiger partial charge in [-0.2, -0.15) is 0 Å². The van der Waals surface area contributed by atoms with Crippen LogP contribution in [0, 0.1) is 15.9 Å². The number of imide groups is 1. The van der Waals surface area contributed by atoms with Crippen LogP contribution in [0.4, 0.5) is 14.9 Å². The number of carbonyl (C=O) groups is 2. The number of amides is 2. The molecule has 3 aromatic rings. The predicted octanol–water partition coefficient (Wildman–Crippen LogP) is 5.95. The number of carbonyl (C=O) groups excluding carboxylic acids is 2. The van der Waals surface area contributed by atoms with Crippen LogP contribution in [0.5, 0.6) is 11.5 Å². The maximum Gasteiger partial charge on any atom is 0.293 e. The molecule has 0 N–H and O–H groups in total. The van der Waals surface area contributed by atoms with Gasteiger partial charge in [-0.05, 0) is 54.1 Å². The first-order valence-corrected chi connectivity index (χ1v) is 11.8. The molecule has 1 fully saturated rings. The van der Waals surface area contributed by atoms with Gasteiger partial charge in [0.1, 0.15) is 12.4 Å². The van der Waals surface area contributed by atoms with Gasteiger partial charge in [-0.25, -0.2) is 4.39 Å². The van der Waals surface area contributed by atoms with Crippen molar-refractivity contribution < 1.29 is 28.4 Å². The molecule has 184 valence electrons. The SMILES string of the molecule is CCOc1cc(/C=C2/SC(=O)N(Cc3ccc([N+](=O)[O-])cc3)C2=O)ccc1OCc1ccccc1F. The van der Waals surface area contributed by atoms with Crippen LogP contribution < -0.4 is 9.47 Å². The van der Waals surface area contributed by atoms with Crippen molar-refractivity contribution in [2.45, 2.75) is 20.1 Å². The van der Waals surface area contributed by atoms with Gasteiger partial charge in [0.2, 0.25) is 0 Å². The Morgan fingerprint density at radius 3 is 2.47 bits per heavy atom. The number of thioether (sulfide) groups is 1. The zero-order valence-electron chi connectivity index (χ0n) is 19.2. The Kier molecular flexibility index (Phi) is 7.65. The molecule has 0 saturated carbocycles. The molecular formula is C26H21FN2O6S. The fourth-order valence-electron chi connectivity index (χ4n) is 3.47. The quantitative estimate of drug-likeness (QED) is 0.200. The highest BCUT2D eigenvalue weighted by Crippen LogP contribution is 2.35. The number of benzene rings is 3. The van der Waals surface area contributed by atoms with Crippen LogP contribution in [0.2, 0.25) is 0 Å². The highest BCUT2D eigenvalue weighted by atomic mass is 32.2. The Balaban J connectivity index is 1.49. The summed E-state index contributed by atoms with van der Waals surface area (Å²) in [4.78, 5) is 37.0. The van der Waals surface area contributed by atoms with Gasteiger partial charge in [0.15, 0.2) is 11.5 Å². The largest absolute Gasteiger partial charge is 0.490 e. The van der Waals surface area contributed by atoms with Gasteiger partial charge >= 0.3 is 0 Å². The first-order valence-electron chi connectivity index (χ1n) is 11.0. The van der Waals surface area contributed by atoms with Crippen LogP contribution in [-0.4, -0.2) is 27.6 Å². The summed E-state index contributed by atoms with van der Waals surface area (Å²) in [6.45, 7) is 2.21. The van der Waals surface area contributed by atoms with E-state index >= 15 is 0 Å². The molecule has 0 unspecified atom stereocenters. The van der Waals surface area contributed by atoms with Crippen molar-refractivity contribution in [3.8, 4) is 11.5 Å². The lowest BCUT2D eigenvalue weighted by Crippen LogP contribution is -2.27. The zero-order valence-corrected chi connectivity index (χ0v) is 20.0. The smallest absolute Gasteiger partial charge is 0.293 e. The first kappa shape index (κ1) is 24.9. The summed E-state index contributed by atoms with van der Waals surface area (Å²) < 4.78 is 25.3. The zero-order chi connectivity index (χ0) is 25.7. The van der Waals surface area contributed by atoms with Gasteiger partial charge in [0.25, 0.3) is 16.8 Å². The average Bonchev–Trinajstić information content (AvgIpc) is 3.12. The van der Waals surface area contributed by atoms with E-state index in [1.807, 2.05) is 6.92 Å². The third-order valence-electron chi connectivity index (χ3n) is 5.27. The van der Waals surface area contributed by atoms with Gasteiger partial charge in [-0.1, -0.05) is 36.4 Å². The fraction of sp³-hybridized carbons (Fsp3) is 0.154. The lowest BCUT2D eigenvalue weighted by molar-refractivity contribution is -0.384. The minimum atomic E-state index is -0.514. The summed E-state index contributed by atoms with van der Waals surface area (Å²) in [5.74, 6) is 0.0222. The molecule has 2 amide bonds. The van der Waals surface area contributed by atoms with E-state index in [1.165, 1.54) is 30.3 Å². The van der Waals surface area contributed by atoms with E-state index in [2.05, 4.69) is 0 Å². The number of hydrogen-bond donors (Lipinski definition) is 0. The minimum absolute atomic E-state index is 0.00696. The standard InChI is InChI=1S/C26H21FN2O6S/c1-2-34-23-13-18(9-12-22(23)35-16-19-5-3-4-6-21(19)27)14-24-25(30)28(26(31)36-24)15-17-7-10-20(11-8-17)29(32)33/h3-14H,2,15-16H2,1H3/b24-14+. The number of nitro benzene ring substituents is 1. The monoisotopic (exact) mass is 508 g/mol. The maximum absolute atomic E-state index is 13.9. The van der Waals surface area contributed by atoms with Crippen molar-refractivity contribution in [1.82, 2.24) is 4.90 Å². The molecule has 36 heavy (non-hydrogen) atoms. The Bertz CT molecular complexity index is 1340. The molecule has 0 bridgehead atoms. The minimum Gasteiger partial charge on any atom is -0.490 e. The first-order chi connectivity index (χ1) is 17.4. The molecule has 0 spiro atoms. The normalized spacial score (nSPS) is 14.4. The molecule has 3 aromatic carbocycles. The Labute approximate surface area is 210 Å². The number of non-ortho nitro benzene ring substituents is 1. The summed E-state index contributed by atoms with van der Waals surface area (Å²) >= 11 is 0.813. The molecule has 4 rings (SSSR count). The Morgan fingerprint density at radius 1 is 1.03 bits per heavy atom. The van der Waals surface area contributed by atoms with Crippen molar-refractivity contribution in [2.75, 3.05) is 6.61 Å². The summed E-state index contributed by atoms with van der Waals surface area (Å²) in [7, 11) is 0. The van der Waals surface area contributed by atoms with E-state index in [4.69, 9.17) is 9.47 Å². The van der Waals surface area contributed by atoms with Crippen molar-refractivity contribution >= 4 is 34.7 Å². The van der Waals surface area contributed by atoms with Crippen LogP contribution in [0.1, 0.15) is 23.6 Å². The van der Waals surface area contributed by atoms with Crippen LogP contribution in [0.25, 0.3) is 6.08 Å². The summed E-state index contributed by atoms with van der Waals surface area (Å²) in [6.07, 6.45) is 1.59. The Hall–Kier alpha value is -4.18. The van der Waals surface area contributed by atoms with Gasteiger partial charge < -0.3 is 9.47 Å². The van der Waals surface area contributed by atoms with Crippen LogP contribution >= 0.6 is 11.8 Å². The molecule has 1 heterocycles. The molecule has 0 atom stereocenters. The molecule has 10 heteroatoms. The van der Waals surface area contributed by atoms with E-state index in [9.17, 15) is 24.1 Å². The number of halogens is 1. The van der Waals surface area contributed by atoms with E-state index in [0.717, 1.165) is 16.7 Å². The molecule has 0 aromatic heterocycles. The van der Waals surface area contributed by atoms with E-state index in [1.54, 1.807) is 42.5 Å². The molecule has 1 aliphatic rings. The van der Waals surface area contributed by atoms with E-state index < -0.39 is 16.1 Å². The number of hydrogen-bond acceptors (Lipinski definition) is 7. The molecule has 0 radical (unpaired) electrons. The van der Waals surface area contributed by atoms with Crippen molar-refractivity contribution in [3.63, 3.8) is 0 Å². The molecule has 8 nitrogen and oxygen atoms in total. The van der Waals surface area contributed by atoms with Gasteiger partial charge in [0, 0.05) is 17.7 Å². The second-order valence-electron chi connectivity index (χ2n) is 7.71. The van der Waals surface area contributed by atoms with Gasteiger partial charge in [-0.3, -0.25) is 24.6 Å². The summed E-state index contributed by atoms with van der Waals surface area (Å²) in [5.41, 5.74) is 1.56. The van der Waals surface area contributed by atoms with Crippen molar-refractivity contribution in [1.29, 1.82) is 0 Å². The predicted molar refractivity (Wildman–Crippen MR) is 133 cm³/mol. The number of nitro groups is 1. The summed E-state index contributed by atoms with van der Waals surface area (Å²) in [5, 5.41) is 10.4. The fourth-order valence-corrected chi connectivity index (χ4v) is 4.30. The number of ether oxygens (including phenoxy) is 2. The summed E-state index contributed by atoms with van der Waals surface area (Å²) in [6, 6.07) is 17.1. The number of nitrogens with zero attached hydrogens (tertiary/aromatic N) is 2. The van der Waals surface area contributed by atoms with Crippen LogP contribution in [0.3, 0.4) is 0 Å². The third-order valence-corrected chi connectivity index (χ3v) is 6.18. The van der Waals surface area contributed by atoms with Gasteiger partial charge in [0.05, 0.1) is 23.0 Å². The van der Waals surface area contributed by atoms with Crippen LogP contribution in [-0.2, 0) is 17.9 Å². The lowest BCUT2D eigenvalue weighted by Gasteiger charge is -2.13. The topological polar surface area (TPSA) is 99.0 Å². The maximum atomic E-state index is 13.9. The van der Waals surface area contributed by atoms with Crippen LogP contribution in [0.15, 0.2) is 71.6 Å². The second kappa shape index (κ2) is 11.0. The Morgan fingerprint density at radius 2 is 1.78 bits per heavy atom. The van der Waals surface area contributed by atoms with Gasteiger partial charge in [-0.15, -0.1) is 0 Å². The molecular weight excluding hydrogens is 487 g/mol. The van der Waals surface area contributed by atoms with Crippen molar-refractivity contribution in [3.05, 3.63) is 104 Å². The third kappa shape index (κ3) is 5.72. The average molecular weight is 509 g/mol. The van der Waals surface area contributed by atoms with Crippen molar-refractivity contribution in [2.24, 2.45) is 0 Å². The van der Waals surface area contributed by atoms with E-state index in [0.29, 0.717) is 34.8 Å². The molecule has 0 aliphatic carbocycles. The number of rotatable bonds is 9. The van der Waals surface area contributed by atoms with E-state index in [-0.39, 0.29) is 29.6 Å². The molecule has 1 saturated heterocycles. The highest BCUT2D eigenvalue weighted by Gasteiger charge is 2.35. The second-order valence-corrected chi connectivity index (χ2v) is 8.70. The molecule has 1 aliphatic heterocycles.